The molecule has 32 heavy (non-hydrogen) atoms. The summed E-state index contributed by atoms with van der Waals surface area (Å²) >= 11 is 0. The van der Waals surface area contributed by atoms with E-state index in [9.17, 15) is 9.59 Å². The fourth-order valence-corrected chi connectivity index (χ4v) is 2.40. The standard InChI is InChI=1S/C24H30N4O4/c1-3-5-15-31-21-11-7-19(8-12-21)17-25-27-23(29)24(30)28-26-18-20-9-13-22(14-10-20)32-16-6-4-2/h7-14,17-18H,3-6,15-16H2,1-2H3,(H,27,29)(H,28,30)/b25-17-,26-18-. The third-order valence-electron chi connectivity index (χ3n) is 4.26. The van der Waals surface area contributed by atoms with Crippen LogP contribution in [0.5, 0.6) is 11.5 Å². The smallest absolute Gasteiger partial charge is 0.331 e. The molecule has 8 nitrogen and oxygen atoms in total. The summed E-state index contributed by atoms with van der Waals surface area (Å²) in [7, 11) is 0. The number of hydrazone groups is 2. The van der Waals surface area contributed by atoms with Crippen LogP contribution >= 0.6 is 0 Å². The number of amides is 2. The van der Waals surface area contributed by atoms with Crippen molar-refractivity contribution in [1.29, 1.82) is 0 Å². The maximum atomic E-state index is 11.8. The van der Waals surface area contributed by atoms with Crippen molar-refractivity contribution in [3.8, 4) is 11.5 Å². The molecule has 0 atom stereocenters. The van der Waals surface area contributed by atoms with E-state index in [2.05, 4.69) is 34.9 Å². The molecule has 2 amide bonds. The van der Waals surface area contributed by atoms with Gasteiger partial charge in [0.2, 0.25) is 0 Å². The molecule has 0 saturated heterocycles. The van der Waals surface area contributed by atoms with Gasteiger partial charge in [0, 0.05) is 0 Å². The Hall–Kier alpha value is -3.68. The SMILES string of the molecule is CCCCOc1ccc(/C=N\NC(=O)C(=O)N/N=C\c2ccc(OCCCC)cc2)cc1. The highest BCUT2D eigenvalue weighted by molar-refractivity contribution is 6.35. The predicted octanol–water partition coefficient (Wildman–Crippen LogP) is 3.64. The molecular weight excluding hydrogens is 408 g/mol. The van der Waals surface area contributed by atoms with Gasteiger partial charge >= 0.3 is 11.8 Å². The van der Waals surface area contributed by atoms with E-state index in [1.807, 2.05) is 24.3 Å². The summed E-state index contributed by atoms with van der Waals surface area (Å²) in [4.78, 5) is 23.6. The fraction of sp³-hybridized carbons (Fsp3) is 0.333. The van der Waals surface area contributed by atoms with Crippen LogP contribution in [0.25, 0.3) is 0 Å². The van der Waals surface area contributed by atoms with E-state index in [1.54, 1.807) is 24.3 Å². The Labute approximate surface area is 188 Å². The lowest BCUT2D eigenvalue weighted by Gasteiger charge is -2.05. The monoisotopic (exact) mass is 438 g/mol. The zero-order chi connectivity index (χ0) is 23.0. The van der Waals surface area contributed by atoms with Crippen LogP contribution in [0.2, 0.25) is 0 Å². The second kappa shape index (κ2) is 14.3. The fourth-order valence-electron chi connectivity index (χ4n) is 2.40. The summed E-state index contributed by atoms with van der Waals surface area (Å²) in [5, 5.41) is 7.56. The van der Waals surface area contributed by atoms with Crippen molar-refractivity contribution < 1.29 is 19.1 Å². The molecule has 8 heteroatoms. The van der Waals surface area contributed by atoms with E-state index in [1.165, 1.54) is 12.4 Å². The van der Waals surface area contributed by atoms with Crippen molar-refractivity contribution in [3.05, 3.63) is 59.7 Å². The van der Waals surface area contributed by atoms with Crippen LogP contribution in [-0.2, 0) is 9.59 Å². The molecule has 0 fully saturated rings. The largest absolute Gasteiger partial charge is 0.494 e. The minimum atomic E-state index is -0.919. The summed E-state index contributed by atoms with van der Waals surface area (Å²) < 4.78 is 11.2. The third kappa shape index (κ3) is 9.42. The molecule has 0 saturated carbocycles. The molecule has 0 aliphatic carbocycles. The number of rotatable bonds is 12. The minimum absolute atomic E-state index is 0.677. The van der Waals surface area contributed by atoms with Crippen LogP contribution in [-0.4, -0.2) is 37.5 Å². The number of ether oxygens (including phenoxy) is 2. The number of hydrogen-bond acceptors (Lipinski definition) is 6. The van der Waals surface area contributed by atoms with Crippen molar-refractivity contribution >= 4 is 24.2 Å². The molecule has 170 valence electrons. The maximum Gasteiger partial charge on any atom is 0.331 e. The molecule has 0 bridgehead atoms. The highest BCUT2D eigenvalue weighted by Crippen LogP contribution is 2.12. The number of hydrogen-bond donors (Lipinski definition) is 2. The number of unbranched alkanes of at least 4 members (excludes halogenated alkanes) is 2. The van der Waals surface area contributed by atoms with E-state index in [0.717, 1.165) is 48.3 Å². The first-order valence-electron chi connectivity index (χ1n) is 10.7. The molecule has 2 rings (SSSR count). The van der Waals surface area contributed by atoms with Crippen LogP contribution in [0.1, 0.15) is 50.7 Å². The predicted molar refractivity (Wildman–Crippen MR) is 125 cm³/mol. The Morgan fingerprint density at radius 3 is 1.44 bits per heavy atom. The van der Waals surface area contributed by atoms with Crippen molar-refractivity contribution in [1.82, 2.24) is 10.9 Å². The van der Waals surface area contributed by atoms with Gasteiger partial charge in [0.1, 0.15) is 11.5 Å². The molecule has 0 unspecified atom stereocenters. The molecule has 0 aliphatic rings. The van der Waals surface area contributed by atoms with Crippen molar-refractivity contribution in [2.24, 2.45) is 10.2 Å². The Morgan fingerprint density at radius 2 is 1.09 bits per heavy atom. The molecule has 0 radical (unpaired) electrons. The first-order valence-corrected chi connectivity index (χ1v) is 10.7. The average Bonchev–Trinajstić information content (AvgIpc) is 2.81. The highest BCUT2D eigenvalue weighted by Gasteiger charge is 2.11. The van der Waals surface area contributed by atoms with E-state index in [-0.39, 0.29) is 0 Å². The summed E-state index contributed by atoms with van der Waals surface area (Å²) in [6.45, 7) is 5.56. The summed E-state index contributed by atoms with van der Waals surface area (Å²) in [5.74, 6) is -0.291. The molecule has 0 spiro atoms. The minimum Gasteiger partial charge on any atom is -0.494 e. The van der Waals surface area contributed by atoms with Gasteiger partial charge in [-0.3, -0.25) is 9.59 Å². The van der Waals surface area contributed by atoms with E-state index in [4.69, 9.17) is 9.47 Å². The number of benzene rings is 2. The molecule has 0 aliphatic heterocycles. The molecule has 2 aromatic rings. The van der Waals surface area contributed by atoms with Gasteiger partial charge in [-0.05, 0) is 72.5 Å². The summed E-state index contributed by atoms with van der Waals surface area (Å²) in [6, 6.07) is 14.5. The highest BCUT2D eigenvalue weighted by atomic mass is 16.5. The van der Waals surface area contributed by atoms with Gasteiger partial charge in [-0.2, -0.15) is 10.2 Å². The van der Waals surface area contributed by atoms with Crippen molar-refractivity contribution in [2.45, 2.75) is 39.5 Å². The van der Waals surface area contributed by atoms with Crippen molar-refractivity contribution in [2.75, 3.05) is 13.2 Å². The maximum absolute atomic E-state index is 11.8. The quantitative estimate of drug-likeness (QED) is 0.229. The lowest BCUT2D eigenvalue weighted by atomic mass is 10.2. The first-order chi connectivity index (χ1) is 15.6. The number of carbonyl (C=O) groups excluding carboxylic acids is 2. The molecule has 2 N–H and O–H groups in total. The lowest BCUT2D eigenvalue weighted by molar-refractivity contribution is -0.139. The molecular formula is C24H30N4O4. The van der Waals surface area contributed by atoms with Gasteiger partial charge in [0.05, 0.1) is 25.6 Å². The lowest BCUT2D eigenvalue weighted by Crippen LogP contribution is -2.35. The summed E-state index contributed by atoms with van der Waals surface area (Å²) in [6.07, 6.45) is 7.03. The van der Waals surface area contributed by atoms with Gasteiger partial charge in [0.15, 0.2) is 0 Å². The summed E-state index contributed by atoms with van der Waals surface area (Å²) in [5.41, 5.74) is 5.85. The Balaban J connectivity index is 1.72. The van der Waals surface area contributed by atoms with E-state index >= 15 is 0 Å². The number of nitrogens with one attached hydrogen (secondary N) is 2. The number of carbonyl (C=O) groups is 2. The topological polar surface area (TPSA) is 101 Å². The second-order valence-corrected chi connectivity index (χ2v) is 6.94. The van der Waals surface area contributed by atoms with Gasteiger partial charge in [0.25, 0.3) is 0 Å². The van der Waals surface area contributed by atoms with Crippen LogP contribution < -0.4 is 20.3 Å². The number of nitrogens with zero attached hydrogens (tertiary/aromatic N) is 2. The normalized spacial score (nSPS) is 10.9. The Kier molecular flexibility index (Phi) is 11.0. The Morgan fingerprint density at radius 1 is 0.719 bits per heavy atom. The van der Waals surface area contributed by atoms with Crippen LogP contribution in [0.4, 0.5) is 0 Å². The van der Waals surface area contributed by atoms with Crippen molar-refractivity contribution in [3.63, 3.8) is 0 Å². The molecule has 0 heterocycles. The second-order valence-electron chi connectivity index (χ2n) is 6.94. The van der Waals surface area contributed by atoms with Gasteiger partial charge in [-0.1, -0.05) is 26.7 Å². The van der Waals surface area contributed by atoms with Crippen LogP contribution in [0.15, 0.2) is 58.7 Å². The zero-order valence-electron chi connectivity index (χ0n) is 18.5. The first kappa shape index (κ1) is 24.6. The molecule has 2 aromatic carbocycles. The van der Waals surface area contributed by atoms with E-state index in [0.29, 0.717) is 13.2 Å². The van der Waals surface area contributed by atoms with Gasteiger partial charge < -0.3 is 9.47 Å². The van der Waals surface area contributed by atoms with Gasteiger partial charge in [-0.15, -0.1) is 0 Å². The molecule has 0 aromatic heterocycles. The average molecular weight is 439 g/mol. The third-order valence-corrected chi connectivity index (χ3v) is 4.26. The zero-order valence-corrected chi connectivity index (χ0v) is 18.5. The van der Waals surface area contributed by atoms with Crippen LogP contribution in [0, 0.1) is 0 Å². The Bertz CT molecular complexity index is 818. The van der Waals surface area contributed by atoms with Gasteiger partial charge in [-0.25, -0.2) is 10.9 Å². The van der Waals surface area contributed by atoms with E-state index < -0.39 is 11.8 Å². The van der Waals surface area contributed by atoms with Crippen LogP contribution in [0.3, 0.4) is 0 Å².